The molecule has 11 rings (SSSR count). The molecule has 0 amide bonds. The van der Waals surface area contributed by atoms with Crippen LogP contribution in [0.1, 0.15) is 47.2 Å². The second-order valence-electron chi connectivity index (χ2n) is 15.3. The van der Waals surface area contributed by atoms with Gasteiger partial charge in [0.05, 0.1) is 5.41 Å². The molecule has 1 nitrogen and oxygen atoms in total. The fourth-order valence-electron chi connectivity index (χ4n) is 9.70. The van der Waals surface area contributed by atoms with Gasteiger partial charge in [-0.15, -0.1) is 11.3 Å². The van der Waals surface area contributed by atoms with Gasteiger partial charge in [-0.2, -0.15) is 0 Å². The Hall–Kier alpha value is -6.22. The molecule has 1 heterocycles. The number of thiophene rings is 1. The SMILES string of the molecule is CC1(C)c2ccccc2-c2ccc(N(c3ccccc3)c3ccc4c(c3)C(c3ccccc3)(c3ccc5sc6ccccc6c5c3)c3ccccc3-4)cc21. The molecule has 0 aliphatic heterocycles. The van der Waals surface area contributed by atoms with E-state index in [2.05, 4.69) is 207 Å². The first kappa shape index (κ1) is 31.3. The van der Waals surface area contributed by atoms with Gasteiger partial charge in [0.1, 0.15) is 0 Å². The third-order valence-electron chi connectivity index (χ3n) is 12.1. The first-order chi connectivity index (χ1) is 26.5. The van der Waals surface area contributed by atoms with Crippen LogP contribution in [0.2, 0.25) is 0 Å². The van der Waals surface area contributed by atoms with E-state index in [1.54, 1.807) is 0 Å². The van der Waals surface area contributed by atoms with Gasteiger partial charge in [0.2, 0.25) is 0 Å². The highest BCUT2D eigenvalue weighted by Crippen LogP contribution is 2.58. The molecule has 9 aromatic rings. The second kappa shape index (κ2) is 11.6. The van der Waals surface area contributed by atoms with E-state index in [0.717, 1.165) is 17.1 Å². The van der Waals surface area contributed by atoms with E-state index in [1.807, 2.05) is 11.3 Å². The lowest BCUT2D eigenvalue weighted by Crippen LogP contribution is -2.28. The van der Waals surface area contributed by atoms with Gasteiger partial charge in [0, 0.05) is 42.6 Å². The molecule has 2 aliphatic carbocycles. The number of anilines is 3. The molecular weight excluding hydrogens is 671 g/mol. The number of rotatable bonds is 5. The van der Waals surface area contributed by atoms with Crippen molar-refractivity contribution >= 4 is 48.6 Å². The van der Waals surface area contributed by atoms with Crippen LogP contribution in [-0.2, 0) is 10.8 Å². The molecule has 1 atom stereocenters. The Morgan fingerprint density at radius 3 is 1.69 bits per heavy atom. The molecule has 0 saturated heterocycles. The Morgan fingerprint density at radius 2 is 0.926 bits per heavy atom. The van der Waals surface area contributed by atoms with Crippen LogP contribution in [0.4, 0.5) is 17.1 Å². The lowest BCUT2D eigenvalue weighted by Gasteiger charge is -2.35. The third-order valence-corrected chi connectivity index (χ3v) is 13.3. The largest absolute Gasteiger partial charge is 0.310 e. The summed E-state index contributed by atoms with van der Waals surface area (Å²) in [5, 5.41) is 2.64. The Morgan fingerprint density at radius 1 is 0.370 bits per heavy atom. The standard InChI is InChI=1S/C52H37NS/c1-51(2)45-22-12-9-19-39(45)41-28-26-37(32-47(41)51)53(36-17-7-4-8-18-36)38-27-29-42-40-20-10-13-23-46(40)52(48(42)33-38,34-15-5-3-6-16-34)35-25-30-50-44(31-35)43-21-11-14-24-49(43)54-50/h3-33H,1-2H3. The first-order valence-electron chi connectivity index (χ1n) is 18.8. The van der Waals surface area contributed by atoms with Crippen molar-refractivity contribution in [2.75, 3.05) is 4.90 Å². The highest BCUT2D eigenvalue weighted by Gasteiger charge is 2.46. The average Bonchev–Trinajstić information content (AvgIpc) is 3.82. The monoisotopic (exact) mass is 707 g/mol. The molecule has 0 bridgehead atoms. The van der Waals surface area contributed by atoms with Crippen LogP contribution >= 0.6 is 11.3 Å². The van der Waals surface area contributed by atoms with Crippen LogP contribution in [0.15, 0.2) is 188 Å². The number of hydrogen-bond donors (Lipinski definition) is 0. The molecule has 256 valence electrons. The molecule has 0 N–H and O–H groups in total. The fourth-order valence-corrected chi connectivity index (χ4v) is 10.8. The predicted octanol–water partition coefficient (Wildman–Crippen LogP) is 14.2. The summed E-state index contributed by atoms with van der Waals surface area (Å²) in [5.74, 6) is 0. The summed E-state index contributed by atoms with van der Waals surface area (Å²) in [6, 6.07) is 70.3. The summed E-state index contributed by atoms with van der Waals surface area (Å²) < 4.78 is 2.65. The number of fused-ring (bicyclic) bond motifs is 9. The van der Waals surface area contributed by atoms with Crippen LogP contribution in [0.3, 0.4) is 0 Å². The van der Waals surface area contributed by atoms with Crippen molar-refractivity contribution in [2.24, 2.45) is 0 Å². The van der Waals surface area contributed by atoms with Crippen molar-refractivity contribution in [2.45, 2.75) is 24.7 Å². The predicted molar refractivity (Wildman–Crippen MR) is 229 cm³/mol. The molecule has 0 spiro atoms. The van der Waals surface area contributed by atoms with Crippen molar-refractivity contribution in [3.05, 3.63) is 221 Å². The molecule has 0 radical (unpaired) electrons. The molecule has 54 heavy (non-hydrogen) atoms. The van der Waals surface area contributed by atoms with E-state index in [-0.39, 0.29) is 5.41 Å². The molecule has 0 saturated carbocycles. The molecule has 1 unspecified atom stereocenters. The van der Waals surface area contributed by atoms with Crippen LogP contribution in [0, 0.1) is 0 Å². The minimum absolute atomic E-state index is 0.100. The number of nitrogens with zero attached hydrogens (tertiary/aromatic N) is 1. The summed E-state index contributed by atoms with van der Waals surface area (Å²) in [5.41, 5.74) is 16.0. The zero-order chi connectivity index (χ0) is 36.0. The Labute approximate surface area is 320 Å². The van der Waals surface area contributed by atoms with Crippen LogP contribution < -0.4 is 4.90 Å². The van der Waals surface area contributed by atoms with Gasteiger partial charge in [-0.05, 0) is 110 Å². The lowest BCUT2D eigenvalue weighted by atomic mass is 9.67. The summed E-state index contributed by atoms with van der Waals surface area (Å²) in [4.78, 5) is 2.45. The van der Waals surface area contributed by atoms with Gasteiger partial charge < -0.3 is 4.90 Å². The van der Waals surface area contributed by atoms with Gasteiger partial charge in [-0.1, -0.05) is 147 Å². The van der Waals surface area contributed by atoms with Gasteiger partial charge in [0.25, 0.3) is 0 Å². The van der Waals surface area contributed by atoms with Gasteiger partial charge >= 0.3 is 0 Å². The quantitative estimate of drug-likeness (QED) is 0.172. The van der Waals surface area contributed by atoms with Crippen LogP contribution in [0.5, 0.6) is 0 Å². The molecule has 0 fully saturated rings. The van der Waals surface area contributed by atoms with E-state index in [0.29, 0.717) is 0 Å². The van der Waals surface area contributed by atoms with Gasteiger partial charge in [-0.25, -0.2) is 0 Å². The van der Waals surface area contributed by atoms with E-state index in [1.165, 1.54) is 75.8 Å². The van der Waals surface area contributed by atoms with Crippen molar-refractivity contribution in [3.8, 4) is 22.3 Å². The first-order valence-corrected chi connectivity index (χ1v) is 19.7. The molecule has 1 aromatic heterocycles. The smallest absolute Gasteiger partial charge is 0.0714 e. The maximum absolute atomic E-state index is 2.48. The summed E-state index contributed by atoms with van der Waals surface area (Å²) in [7, 11) is 0. The van der Waals surface area contributed by atoms with E-state index in [9.17, 15) is 0 Å². The van der Waals surface area contributed by atoms with Crippen molar-refractivity contribution in [1.82, 2.24) is 0 Å². The van der Waals surface area contributed by atoms with E-state index < -0.39 is 5.41 Å². The Bertz CT molecular complexity index is 2920. The summed E-state index contributed by atoms with van der Waals surface area (Å²) in [6.45, 7) is 4.73. The third kappa shape index (κ3) is 4.32. The van der Waals surface area contributed by atoms with E-state index >= 15 is 0 Å². The van der Waals surface area contributed by atoms with Crippen LogP contribution in [0.25, 0.3) is 42.4 Å². The van der Waals surface area contributed by atoms with Crippen LogP contribution in [-0.4, -0.2) is 0 Å². The van der Waals surface area contributed by atoms with Crippen molar-refractivity contribution in [1.29, 1.82) is 0 Å². The normalized spacial score (nSPS) is 16.2. The molecular formula is C52H37NS. The maximum Gasteiger partial charge on any atom is 0.0714 e. The zero-order valence-electron chi connectivity index (χ0n) is 30.3. The highest BCUT2D eigenvalue weighted by atomic mass is 32.1. The minimum Gasteiger partial charge on any atom is -0.310 e. The number of benzene rings is 8. The van der Waals surface area contributed by atoms with Gasteiger partial charge in [-0.3, -0.25) is 0 Å². The topological polar surface area (TPSA) is 3.24 Å². The minimum atomic E-state index is -0.523. The Balaban J connectivity index is 1.18. The second-order valence-corrected chi connectivity index (χ2v) is 16.4. The summed E-state index contributed by atoms with van der Waals surface area (Å²) >= 11 is 1.88. The lowest BCUT2D eigenvalue weighted by molar-refractivity contribution is 0.660. The average molecular weight is 708 g/mol. The maximum atomic E-state index is 2.48. The molecule has 2 aliphatic rings. The summed E-state index contributed by atoms with van der Waals surface area (Å²) in [6.07, 6.45) is 0. The molecule has 8 aromatic carbocycles. The fraction of sp³-hybridized carbons (Fsp3) is 0.0769. The van der Waals surface area contributed by atoms with Crippen molar-refractivity contribution in [3.63, 3.8) is 0 Å². The van der Waals surface area contributed by atoms with Crippen molar-refractivity contribution < 1.29 is 0 Å². The molecule has 2 heteroatoms. The zero-order valence-corrected chi connectivity index (χ0v) is 31.1. The highest BCUT2D eigenvalue weighted by molar-refractivity contribution is 7.25. The number of para-hydroxylation sites is 1. The van der Waals surface area contributed by atoms with E-state index in [4.69, 9.17) is 0 Å². The Kier molecular flexibility index (Phi) is 6.75. The number of hydrogen-bond acceptors (Lipinski definition) is 2. The van der Waals surface area contributed by atoms with Gasteiger partial charge in [0.15, 0.2) is 0 Å².